The van der Waals surface area contributed by atoms with Crippen LogP contribution in [0.5, 0.6) is 11.6 Å². The van der Waals surface area contributed by atoms with Crippen molar-refractivity contribution in [2.24, 2.45) is 0 Å². The van der Waals surface area contributed by atoms with Gasteiger partial charge in [0, 0.05) is 5.56 Å². The molecule has 2 aromatic carbocycles. The van der Waals surface area contributed by atoms with Crippen molar-refractivity contribution < 1.29 is 31.4 Å². The molecule has 0 spiro atoms. The lowest BCUT2D eigenvalue weighted by Crippen LogP contribution is -2.17. The van der Waals surface area contributed by atoms with Crippen molar-refractivity contribution in [3.8, 4) is 22.8 Å². The average molecular weight is 370 g/mol. The van der Waals surface area contributed by atoms with Gasteiger partial charge >= 0.3 is 13.0 Å². The standard InChI is InChI=1S/C17H11F5N2O2/c1-9-5-12(10-3-2-4-11(7-10)26-17(20,21)22)15-13(6-9)24-14(8-23-15)25-16(18)19/h2-8,16H,1H3. The Bertz CT molecular complexity index is 944. The van der Waals surface area contributed by atoms with Crippen LogP contribution < -0.4 is 9.47 Å². The number of aromatic nitrogens is 2. The Morgan fingerprint density at radius 1 is 1.08 bits per heavy atom. The highest BCUT2D eigenvalue weighted by molar-refractivity contribution is 5.92. The molecule has 136 valence electrons. The van der Waals surface area contributed by atoms with E-state index in [1.54, 1.807) is 25.1 Å². The third kappa shape index (κ3) is 4.16. The summed E-state index contributed by atoms with van der Waals surface area (Å²) in [5, 5.41) is 0. The highest BCUT2D eigenvalue weighted by atomic mass is 19.4. The molecule has 3 aromatic rings. The predicted octanol–water partition coefficient (Wildman–Crippen LogP) is 5.11. The molecule has 0 aliphatic heterocycles. The molecule has 9 heteroatoms. The van der Waals surface area contributed by atoms with Crippen LogP contribution in [0.15, 0.2) is 42.6 Å². The summed E-state index contributed by atoms with van der Waals surface area (Å²) in [5.41, 5.74) is 2.24. The Labute approximate surface area is 144 Å². The summed E-state index contributed by atoms with van der Waals surface area (Å²) in [4.78, 5) is 8.04. The first-order valence-electron chi connectivity index (χ1n) is 7.30. The molecule has 3 rings (SSSR count). The molecule has 0 saturated carbocycles. The summed E-state index contributed by atoms with van der Waals surface area (Å²) in [5.74, 6) is -0.728. The van der Waals surface area contributed by atoms with Gasteiger partial charge < -0.3 is 9.47 Å². The molecular formula is C17H11F5N2O2. The zero-order valence-electron chi connectivity index (χ0n) is 13.2. The first-order valence-corrected chi connectivity index (χ1v) is 7.30. The monoisotopic (exact) mass is 370 g/mol. The maximum Gasteiger partial charge on any atom is 0.573 e. The maximum atomic E-state index is 12.4. The highest BCUT2D eigenvalue weighted by Crippen LogP contribution is 2.32. The molecule has 0 aliphatic carbocycles. The molecule has 0 radical (unpaired) electrons. The van der Waals surface area contributed by atoms with Crippen LogP contribution in [0.25, 0.3) is 22.2 Å². The van der Waals surface area contributed by atoms with Gasteiger partial charge in [-0.2, -0.15) is 8.78 Å². The first kappa shape index (κ1) is 17.8. The molecule has 4 nitrogen and oxygen atoms in total. The Morgan fingerprint density at radius 2 is 1.85 bits per heavy atom. The van der Waals surface area contributed by atoms with Crippen molar-refractivity contribution in [2.45, 2.75) is 19.9 Å². The minimum absolute atomic E-state index is 0.278. The van der Waals surface area contributed by atoms with E-state index in [1.807, 2.05) is 0 Å². The van der Waals surface area contributed by atoms with Crippen molar-refractivity contribution in [3.05, 3.63) is 48.2 Å². The fourth-order valence-electron chi connectivity index (χ4n) is 2.48. The number of nitrogens with zero attached hydrogens (tertiary/aromatic N) is 2. The van der Waals surface area contributed by atoms with Gasteiger partial charge in [-0.15, -0.1) is 13.2 Å². The summed E-state index contributed by atoms with van der Waals surface area (Å²) in [6.07, 6.45) is -3.78. The quantitative estimate of drug-likeness (QED) is 0.599. The molecule has 0 unspecified atom stereocenters. The normalized spacial score (nSPS) is 11.8. The van der Waals surface area contributed by atoms with Crippen LogP contribution in [-0.2, 0) is 0 Å². The molecule has 1 heterocycles. The minimum Gasteiger partial charge on any atom is -0.415 e. The van der Waals surface area contributed by atoms with E-state index in [1.165, 1.54) is 18.2 Å². The summed E-state index contributed by atoms with van der Waals surface area (Å²) < 4.78 is 70.1. The van der Waals surface area contributed by atoms with E-state index < -0.39 is 13.0 Å². The molecule has 0 bridgehead atoms. The molecule has 26 heavy (non-hydrogen) atoms. The van der Waals surface area contributed by atoms with Crippen LogP contribution >= 0.6 is 0 Å². The first-order chi connectivity index (χ1) is 12.2. The molecule has 0 saturated heterocycles. The highest BCUT2D eigenvalue weighted by Gasteiger charge is 2.31. The van der Waals surface area contributed by atoms with Crippen LogP contribution in [0.2, 0.25) is 0 Å². The lowest BCUT2D eigenvalue weighted by atomic mass is 10.0. The van der Waals surface area contributed by atoms with Crippen LogP contribution in [0.4, 0.5) is 22.0 Å². The SMILES string of the molecule is Cc1cc(-c2cccc(OC(F)(F)F)c2)c2ncc(OC(F)F)nc2c1. The van der Waals surface area contributed by atoms with E-state index in [2.05, 4.69) is 19.4 Å². The predicted molar refractivity (Wildman–Crippen MR) is 83.0 cm³/mol. The van der Waals surface area contributed by atoms with E-state index in [9.17, 15) is 22.0 Å². The van der Waals surface area contributed by atoms with E-state index in [4.69, 9.17) is 0 Å². The molecule has 0 fully saturated rings. The van der Waals surface area contributed by atoms with E-state index in [0.717, 1.165) is 11.8 Å². The van der Waals surface area contributed by atoms with Gasteiger partial charge in [0.2, 0.25) is 5.88 Å². The number of fused-ring (bicyclic) bond motifs is 1. The number of alkyl halides is 5. The fraction of sp³-hybridized carbons (Fsp3) is 0.176. The minimum atomic E-state index is -4.81. The maximum absolute atomic E-state index is 12.4. The van der Waals surface area contributed by atoms with Gasteiger partial charge in [0.05, 0.1) is 17.2 Å². The largest absolute Gasteiger partial charge is 0.573 e. The number of halogens is 5. The number of hydrogen-bond acceptors (Lipinski definition) is 4. The Hall–Kier alpha value is -2.97. The van der Waals surface area contributed by atoms with Crippen molar-refractivity contribution in [1.82, 2.24) is 9.97 Å². The van der Waals surface area contributed by atoms with Crippen molar-refractivity contribution in [1.29, 1.82) is 0 Å². The van der Waals surface area contributed by atoms with Crippen LogP contribution in [0.1, 0.15) is 5.56 Å². The van der Waals surface area contributed by atoms with Crippen molar-refractivity contribution in [2.75, 3.05) is 0 Å². The lowest BCUT2D eigenvalue weighted by Gasteiger charge is -2.12. The molecular weight excluding hydrogens is 359 g/mol. The summed E-state index contributed by atoms with van der Waals surface area (Å²) in [7, 11) is 0. The van der Waals surface area contributed by atoms with Gasteiger partial charge in [-0.1, -0.05) is 12.1 Å². The summed E-state index contributed by atoms with van der Waals surface area (Å²) >= 11 is 0. The summed E-state index contributed by atoms with van der Waals surface area (Å²) in [6.45, 7) is -1.30. The zero-order valence-corrected chi connectivity index (χ0v) is 13.2. The van der Waals surface area contributed by atoms with Gasteiger partial charge in [-0.3, -0.25) is 0 Å². The van der Waals surface area contributed by atoms with Gasteiger partial charge in [-0.25, -0.2) is 9.97 Å². The number of ether oxygens (including phenoxy) is 2. The van der Waals surface area contributed by atoms with Crippen LogP contribution in [0.3, 0.4) is 0 Å². The fourth-order valence-corrected chi connectivity index (χ4v) is 2.48. The Kier molecular flexibility index (Phi) is 4.62. The lowest BCUT2D eigenvalue weighted by molar-refractivity contribution is -0.274. The number of hydrogen-bond donors (Lipinski definition) is 0. The van der Waals surface area contributed by atoms with Crippen molar-refractivity contribution >= 4 is 11.0 Å². The molecule has 0 N–H and O–H groups in total. The number of rotatable bonds is 4. The summed E-state index contributed by atoms with van der Waals surface area (Å²) in [6, 6.07) is 8.70. The third-order valence-electron chi connectivity index (χ3n) is 3.36. The van der Waals surface area contributed by atoms with Gasteiger partial charge in [-0.05, 0) is 42.3 Å². The van der Waals surface area contributed by atoms with Gasteiger partial charge in [0.15, 0.2) is 0 Å². The smallest absolute Gasteiger partial charge is 0.415 e. The zero-order chi connectivity index (χ0) is 18.9. The van der Waals surface area contributed by atoms with E-state index in [-0.39, 0.29) is 17.1 Å². The second kappa shape index (κ2) is 6.74. The second-order valence-corrected chi connectivity index (χ2v) is 5.34. The topological polar surface area (TPSA) is 44.2 Å². The number of aryl methyl sites for hydroxylation is 1. The van der Waals surface area contributed by atoms with Crippen LogP contribution in [0, 0.1) is 6.92 Å². The average Bonchev–Trinajstić information content (AvgIpc) is 2.51. The third-order valence-corrected chi connectivity index (χ3v) is 3.36. The molecule has 0 amide bonds. The van der Waals surface area contributed by atoms with Gasteiger partial charge in [0.1, 0.15) is 5.75 Å². The van der Waals surface area contributed by atoms with Crippen LogP contribution in [-0.4, -0.2) is 22.9 Å². The molecule has 0 aliphatic rings. The van der Waals surface area contributed by atoms with E-state index in [0.29, 0.717) is 16.6 Å². The number of benzene rings is 2. The van der Waals surface area contributed by atoms with Gasteiger partial charge in [0.25, 0.3) is 0 Å². The molecule has 0 atom stereocenters. The Balaban J connectivity index is 2.09. The second-order valence-electron chi connectivity index (χ2n) is 5.34. The van der Waals surface area contributed by atoms with Crippen molar-refractivity contribution in [3.63, 3.8) is 0 Å². The molecule has 1 aromatic heterocycles. The van der Waals surface area contributed by atoms with E-state index >= 15 is 0 Å². The Morgan fingerprint density at radius 3 is 2.54 bits per heavy atom.